The summed E-state index contributed by atoms with van der Waals surface area (Å²) in [5.41, 5.74) is 0.942. The summed E-state index contributed by atoms with van der Waals surface area (Å²) in [5.74, 6) is -0.844. The molecule has 1 aromatic rings. The summed E-state index contributed by atoms with van der Waals surface area (Å²) in [4.78, 5) is 38.4. The second-order valence-electron chi connectivity index (χ2n) is 6.68. The number of ether oxygens (including phenoxy) is 1. The topological polar surface area (TPSA) is 75.7 Å². The van der Waals surface area contributed by atoms with Crippen molar-refractivity contribution in [2.45, 2.75) is 45.1 Å². The number of nitrogens with one attached hydrogen (secondary N) is 1. The Kier molecular flexibility index (Phi) is 5.36. The predicted molar refractivity (Wildman–Crippen MR) is 93.1 cm³/mol. The van der Waals surface area contributed by atoms with E-state index in [0.29, 0.717) is 30.4 Å². The molecule has 0 spiro atoms. The Bertz CT molecular complexity index is 667. The zero-order valence-electron chi connectivity index (χ0n) is 14.5. The number of rotatable bonds is 5. The molecule has 1 saturated heterocycles. The van der Waals surface area contributed by atoms with E-state index in [-0.39, 0.29) is 24.2 Å². The van der Waals surface area contributed by atoms with Crippen molar-refractivity contribution < 1.29 is 19.1 Å². The first kappa shape index (κ1) is 17.5. The molecule has 6 nitrogen and oxygen atoms in total. The Labute approximate surface area is 147 Å². The zero-order chi connectivity index (χ0) is 17.8. The van der Waals surface area contributed by atoms with Crippen LogP contribution in [0, 0.1) is 5.92 Å². The van der Waals surface area contributed by atoms with Crippen LogP contribution >= 0.6 is 0 Å². The summed E-state index contributed by atoms with van der Waals surface area (Å²) in [6.45, 7) is 2.54. The molecule has 0 bridgehead atoms. The minimum atomic E-state index is -0.415. The molecule has 1 N–H and O–H groups in total. The minimum absolute atomic E-state index is 0.0762. The van der Waals surface area contributed by atoms with Crippen LogP contribution in [-0.4, -0.2) is 41.9 Å². The van der Waals surface area contributed by atoms with Gasteiger partial charge in [-0.25, -0.2) is 4.79 Å². The number of amides is 2. The quantitative estimate of drug-likeness (QED) is 0.833. The number of nitrogens with zero attached hydrogens (tertiary/aromatic N) is 1. The molecule has 3 rings (SSSR count). The lowest BCUT2D eigenvalue weighted by molar-refractivity contribution is -0.129. The number of anilines is 1. The van der Waals surface area contributed by atoms with E-state index in [0.717, 1.165) is 25.7 Å². The summed E-state index contributed by atoms with van der Waals surface area (Å²) in [7, 11) is 0. The summed E-state index contributed by atoms with van der Waals surface area (Å²) in [5, 5.41) is 2.83. The van der Waals surface area contributed by atoms with E-state index in [2.05, 4.69) is 5.32 Å². The van der Waals surface area contributed by atoms with Gasteiger partial charge in [-0.05, 0) is 38.0 Å². The van der Waals surface area contributed by atoms with Crippen molar-refractivity contribution in [2.24, 2.45) is 5.92 Å². The van der Waals surface area contributed by atoms with E-state index in [1.54, 1.807) is 31.2 Å². The first-order chi connectivity index (χ1) is 12.1. The van der Waals surface area contributed by atoms with Gasteiger partial charge >= 0.3 is 5.97 Å². The van der Waals surface area contributed by atoms with Gasteiger partial charge in [-0.1, -0.05) is 18.9 Å². The number of likely N-dealkylation sites (tertiary alicyclic amines) is 1. The Morgan fingerprint density at radius 2 is 2.04 bits per heavy atom. The average molecular weight is 344 g/mol. The second kappa shape index (κ2) is 7.68. The number of carbonyl (C=O) groups is 3. The normalized spacial score (nSPS) is 20.8. The maximum atomic E-state index is 12.5. The Hall–Kier alpha value is -2.37. The molecule has 0 aromatic heterocycles. The van der Waals surface area contributed by atoms with Crippen molar-refractivity contribution >= 4 is 23.5 Å². The molecule has 25 heavy (non-hydrogen) atoms. The summed E-state index contributed by atoms with van der Waals surface area (Å²) >= 11 is 0. The van der Waals surface area contributed by atoms with E-state index in [1.807, 2.05) is 4.90 Å². The van der Waals surface area contributed by atoms with Crippen LogP contribution in [0.3, 0.4) is 0 Å². The molecule has 134 valence electrons. The summed E-state index contributed by atoms with van der Waals surface area (Å²) in [6.07, 6.45) is 4.67. The van der Waals surface area contributed by atoms with Crippen LogP contribution < -0.4 is 5.32 Å². The van der Waals surface area contributed by atoms with Crippen LogP contribution in [-0.2, 0) is 14.3 Å². The number of hydrogen-bond donors (Lipinski definition) is 1. The third-order valence-electron chi connectivity index (χ3n) is 4.94. The molecule has 0 radical (unpaired) electrons. The van der Waals surface area contributed by atoms with Gasteiger partial charge in [0.25, 0.3) is 0 Å². The molecule has 6 heteroatoms. The van der Waals surface area contributed by atoms with E-state index < -0.39 is 5.97 Å². The van der Waals surface area contributed by atoms with E-state index >= 15 is 0 Å². The third kappa shape index (κ3) is 4.00. The number of benzene rings is 1. The van der Waals surface area contributed by atoms with Gasteiger partial charge in [0.15, 0.2) is 0 Å². The largest absolute Gasteiger partial charge is 0.462 e. The molecule has 1 aliphatic carbocycles. The molecule has 2 fully saturated rings. The number of esters is 1. The fourth-order valence-corrected chi connectivity index (χ4v) is 3.66. The van der Waals surface area contributed by atoms with Crippen LogP contribution in [0.5, 0.6) is 0 Å². The number of hydrogen-bond acceptors (Lipinski definition) is 4. The van der Waals surface area contributed by atoms with Gasteiger partial charge in [0.2, 0.25) is 11.8 Å². The van der Waals surface area contributed by atoms with Gasteiger partial charge in [0, 0.05) is 24.7 Å². The standard InChI is InChI=1S/C19H24N2O4/c1-2-25-19(24)13-6-5-7-15(10-13)20-18(23)14-11-17(22)21(12-14)16-8-3-4-9-16/h5-7,10,14,16H,2-4,8-9,11-12H2,1H3,(H,20,23)/t14-/m1/s1. The van der Waals surface area contributed by atoms with Crippen LogP contribution in [0.15, 0.2) is 24.3 Å². The first-order valence-corrected chi connectivity index (χ1v) is 8.96. The van der Waals surface area contributed by atoms with Crippen molar-refractivity contribution in [1.82, 2.24) is 4.90 Å². The van der Waals surface area contributed by atoms with E-state index in [1.165, 1.54) is 0 Å². The highest BCUT2D eigenvalue weighted by Crippen LogP contribution is 2.30. The van der Waals surface area contributed by atoms with Gasteiger partial charge < -0.3 is 15.0 Å². The second-order valence-corrected chi connectivity index (χ2v) is 6.68. The van der Waals surface area contributed by atoms with Gasteiger partial charge in [0.1, 0.15) is 0 Å². The molecule has 1 heterocycles. The Morgan fingerprint density at radius 3 is 2.76 bits per heavy atom. The lowest BCUT2D eigenvalue weighted by atomic mass is 10.1. The predicted octanol–water partition coefficient (Wildman–Crippen LogP) is 2.59. The van der Waals surface area contributed by atoms with Gasteiger partial charge in [-0.3, -0.25) is 9.59 Å². The molecule has 2 amide bonds. The fraction of sp³-hybridized carbons (Fsp3) is 0.526. The molecule has 0 unspecified atom stereocenters. The van der Waals surface area contributed by atoms with Crippen molar-refractivity contribution in [3.05, 3.63) is 29.8 Å². The zero-order valence-corrected chi connectivity index (χ0v) is 14.5. The van der Waals surface area contributed by atoms with Crippen LogP contribution in [0.4, 0.5) is 5.69 Å². The molecule has 1 saturated carbocycles. The molecule has 1 aliphatic heterocycles. The minimum Gasteiger partial charge on any atom is -0.462 e. The monoisotopic (exact) mass is 344 g/mol. The van der Waals surface area contributed by atoms with Crippen LogP contribution in [0.2, 0.25) is 0 Å². The smallest absolute Gasteiger partial charge is 0.338 e. The van der Waals surface area contributed by atoms with Crippen molar-refractivity contribution in [2.75, 3.05) is 18.5 Å². The lowest BCUT2D eigenvalue weighted by Gasteiger charge is -2.23. The van der Waals surface area contributed by atoms with Gasteiger partial charge in [0.05, 0.1) is 18.1 Å². The maximum Gasteiger partial charge on any atom is 0.338 e. The summed E-state index contributed by atoms with van der Waals surface area (Å²) in [6, 6.07) is 6.98. The Balaban J connectivity index is 1.62. The Morgan fingerprint density at radius 1 is 1.28 bits per heavy atom. The van der Waals surface area contributed by atoms with Crippen molar-refractivity contribution in [3.8, 4) is 0 Å². The lowest BCUT2D eigenvalue weighted by Crippen LogP contribution is -2.35. The third-order valence-corrected chi connectivity index (χ3v) is 4.94. The molecular weight excluding hydrogens is 320 g/mol. The van der Waals surface area contributed by atoms with Crippen molar-refractivity contribution in [3.63, 3.8) is 0 Å². The van der Waals surface area contributed by atoms with Crippen LogP contribution in [0.25, 0.3) is 0 Å². The molecule has 1 atom stereocenters. The highest BCUT2D eigenvalue weighted by Gasteiger charge is 2.38. The maximum absolute atomic E-state index is 12.5. The number of carbonyl (C=O) groups excluding carboxylic acids is 3. The summed E-state index contributed by atoms with van der Waals surface area (Å²) < 4.78 is 4.97. The van der Waals surface area contributed by atoms with Gasteiger partial charge in [-0.15, -0.1) is 0 Å². The molecule has 1 aromatic carbocycles. The van der Waals surface area contributed by atoms with Crippen LogP contribution in [0.1, 0.15) is 49.4 Å². The van der Waals surface area contributed by atoms with Gasteiger partial charge in [-0.2, -0.15) is 0 Å². The molecular formula is C19H24N2O4. The fourth-order valence-electron chi connectivity index (χ4n) is 3.66. The van der Waals surface area contributed by atoms with Crippen molar-refractivity contribution in [1.29, 1.82) is 0 Å². The first-order valence-electron chi connectivity index (χ1n) is 8.96. The molecule has 2 aliphatic rings. The highest BCUT2D eigenvalue weighted by atomic mass is 16.5. The SMILES string of the molecule is CCOC(=O)c1cccc(NC(=O)[C@@H]2CC(=O)N(C3CCCC3)C2)c1. The van der Waals surface area contributed by atoms with E-state index in [9.17, 15) is 14.4 Å². The average Bonchev–Trinajstić information content (AvgIpc) is 3.24. The highest BCUT2D eigenvalue weighted by molar-refractivity contribution is 5.98. The van der Waals surface area contributed by atoms with E-state index in [4.69, 9.17) is 4.74 Å².